The zero-order valence-corrected chi connectivity index (χ0v) is 15.3. The SMILES string of the molecule is CCOc1ccccc1-c1csc(NC(=O)c2cc3c(F)cccc3[nH]2)n1. The first-order chi connectivity index (χ1) is 13.2. The fourth-order valence-electron chi connectivity index (χ4n) is 2.82. The Bertz CT molecular complexity index is 1120. The summed E-state index contributed by atoms with van der Waals surface area (Å²) < 4.78 is 19.4. The molecule has 4 rings (SSSR count). The summed E-state index contributed by atoms with van der Waals surface area (Å²) in [6, 6.07) is 13.8. The minimum atomic E-state index is -0.371. The summed E-state index contributed by atoms with van der Waals surface area (Å²) in [5.41, 5.74) is 2.44. The molecule has 0 saturated carbocycles. The standard InChI is InChI=1S/C20H16FN3O2S/c1-2-26-18-9-4-3-6-12(18)17-11-27-20(23-17)24-19(25)16-10-13-14(21)7-5-8-15(13)22-16/h3-11,22H,2H2,1H3,(H,23,24,25). The summed E-state index contributed by atoms with van der Waals surface area (Å²) >= 11 is 1.32. The Morgan fingerprint density at radius 2 is 2.11 bits per heavy atom. The third-order valence-corrected chi connectivity index (χ3v) is 4.80. The summed E-state index contributed by atoms with van der Waals surface area (Å²) in [6.45, 7) is 2.48. The quantitative estimate of drug-likeness (QED) is 0.506. The molecule has 0 saturated heterocycles. The van der Waals surface area contributed by atoms with Crippen molar-refractivity contribution in [2.75, 3.05) is 11.9 Å². The third kappa shape index (κ3) is 3.41. The molecule has 0 unspecified atom stereocenters. The molecule has 136 valence electrons. The Kier molecular flexibility index (Phi) is 4.60. The molecule has 2 aromatic carbocycles. The number of thiazole rings is 1. The maximum atomic E-state index is 13.8. The Morgan fingerprint density at radius 3 is 2.93 bits per heavy atom. The van der Waals surface area contributed by atoms with Crippen LogP contribution in [0.15, 0.2) is 53.9 Å². The van der Waals surface area contributed by atoms with Crippen LogP contribution in [0, 0.1) is 5.82 Å². The summed E-state index contributed by atoms with van der Waals surface area (Å²) in [5, 5.41) is 5.45. The van der Waals surface area contributed by atoms with Crippen LogP contribution in [0.1, 0.15) is 17.4 Å². The van der Waals surface area contributed by atoms with E-state index >= 15 is 0 Å². The molecule has 0 spiro atoms. The fraction of sp³-hybridized carbons (Fsp3) is 0.100. The van der Waals surface area contributed by atoms with Gasteiger partial charge in [0.1, 0.15) is 17.3 Å². The average molecular weight is 381 g/mol. The number of aromatic nitrogens is 2. The van der Waals surface area contributed by atoms with Crippen molar-refractivity contribution < 1.29 is 13.9 Å². The molecular formula is C20H16FN3O2S. The second-order valence-electron chi connectivity index (χ2n) is 5.81. The van der Waals surface area contributed by atoms with Gasteiger partial charge in [0.05, 0.1) is 12.3 Å². The van der Waals surface area contributed by atoms with Crippen LogP contribution in [0.25, 0.3) is 22.2 Å². The zero-order valence-electron chi connectivity index (χ0n) is 14.5. The monoisotopic (exact) mass is 381 g/mol. The lowest BCUT2D eigenvalue weighted by molar-refractivity contribution is 0.102. The Morgan fingerprint density at radius 1 is 1.26 bits per heavy atom. The predicted octanol–water partition coefficient (Wildman–Crippen LogP) is 5.08. The lowest BCUT2D eigenvalue weighted by Crippen LogP contribution is -2.11. The van der Waals surface area contributed by atoms with Crippen molar-refractivity contribution in [1.82, 2.24) is 9.97 Å². The molecule has 1 amide bonds. The number of nitrogens with zero attached hydrogens (tertiary/aromatic N) is 1. The van der Waals surface area contributed by atoms with Crippen molar-refractivity contribution in [3.63, 3.8) is 0 Å². The fourth-order valence-corrected chi connectivity index (χ4v) is 3.53. The first-order valence-corrected chi connectivity index (χ1v) is 9.30. The molecule has 0 bridgehead atoms. The molecule has 0 aliphatic heterocycles. The number of para-hydroxylation sites is 1. The Balaban J connectivity index is 1.57. The number of halogens is 1. The lowest BCUT2D eigenvalue weighted by Gasteiger charge is -2.07. The Labute approximate surface area is 158 Å². The van der Waals surface area contributed by atoms with Crippen LogP contribution in [0.3, 0.4) is 0 Å². The number of H-pyrrole nitrogens is 1. The molecule has 0 aliphatic carbocycles. The number of aromatic amines is 1. The molecule has 0 fully saturated rings. The number of carbonyl (C=O) groups is 1. The van der Waals surface area contributed by atoms with E-state index in [0.29, 0.717) is 22.6 Å². The minimum Gasteiger partial charge on any atom is -0.493 e. The summed E-state index contributed by atoms with van der Waals surface area (Å²) in [7, 11) is 0. The highest BCUT2D eigenvalue weighted by Gasteiger charge is 2.15. The topological polar surface area (TPSA) is 67.0 Å². The predicted molar refractivity (Wildman–Crippen MR) is 105 cm³/mol. The van der Waals surface area contributed by atoms with E-state index in [4.69, 9.17) is 4.74 Å². The van der Waals surface area contributed by atoms with Crippen molar-refractivity contribution >= 4 is 33.3 Å². The summed E-state index contributed by atoms with van der Waals surface area (Å²) in [4.78, 5) is 19.9. The number of hydrogen-bond donors (Lipinski definition) is 2. The number of nitrogens with one attached hydrogen (secondary N) is 2. The number of anilines is 1. The maximum absolute atomic E-state index is 13.8. The molecule has 27 heavy (non-hydrogen) atoms. The molecule has 0 radical (unpaired) electrons. The van der Waals surface area contributed by atoms with Gasteiger partial charge in [0.2, 0.25) is 0 Å². The number of hydrogen-bond acceptors (Lipinski definition) is 4. The van der Waals surface area contributed by atoms with Gasteiger partial charge in [-0.1, -0.05) is 18.2 Å². The molecule has 5 nitrogen and oxygen atoms in total. The van der Waals surface area contributed by atoms with Gasteiger partial charge in [-0.2, -0.15) is 0 Å². The summed E-state index contributed by atoms with van der Waals surface area (Å²) in [6.07, 6.45) is 0. The van der Waals surface area contributed by atoms with Crippen molar-refractivity contribution in [3.05, 3.63) is 65.4 Å². The van der Waals surface area contributed by atoms with Gasteiger partial charge < -0.3 is 9.72 Å². The lowest BCUT2D eigenvalue weighted by atomic mass is 10.1. The van der Waals surface area contributed by atoms with Gasteiger partial charge in [0.15, 0.2) is 5.13 Å². The molecular weight excluding hydrogens is 365 g/mol. The second kappa shape index (κ2) is 7.20. The average Bonchev–Trinajstić information content (AvgIpc) is 3.30. The van der Waals surface area contributed by atoms with Crippen molar-refractivity contribution in [1.29, 1.82) is 0 Å². The smallest absolute Gasteiger partial charge is 0.273 e. The first-order valence-electron chi connectivity index (χ1n) is 8.42. The highest BCUT2D eigenvalue weighted by atomic mass is 32.1. The van der Waals surface area contributed by atoms with E-state index in [1.165, 1.54) is 23.5 Å². The summed E-state index contributed by atoms with van der Waals surface area (Å²) in [5.74, 6) is 0.00530. The van der Waals surface area contributed by atoms with E-state index in [1.807, 2.05) is 36.6 Å². The van der Waals surface area contributed by atoms with Crippen molar-refractivity contribution in [3.8, 4) is 17.0 Å². The number of carbonyl (C=O) groups excluding carboxylic acids is 1. The van der Waals surface area contributed by atoms with Gasteiger partial charge in [0, 0.05) is 21.8 Å². The van der Waals surface area contributed by atoms with Gasteiger partial charge in [-0.05, 0) is 37.3 Å². The maximum Gasteiger partial charge on any atom is 0.273 e. The molecule has 0 atom stereocenters. The van der Waals surface area contributed by atoms with Crippen LogP contribution in [-0.4, -0.2) is 22.5 Å². The third-order valence-electron chi connectivity index (χ3n) is 4.04. The molecule has 4 aromatic rings. The molecule has 2 aromatic heterocycles. The van der Waals surface area contributed by atoms with Gasteiger partial charge in [0.25, 0.3) is 5.91 Å². The van der Waals surface area contributed by atoms with Crippen LogP contribution in [0.2, 0.25) is 0 Å². The van der Waals surface area contributed by atoms with Crippen LogP contribution in [0.4, 0.5) is 9.52 Å². The van der Waals surface area contributed by atoms with Crippen molar-refractivity contribution in [2.45, 2.75) is 6.92 Å². The normalized spacial score (nSPS) is 10.9. The number of benzene rings is 2. The van der Waals surface area contributed by atoms with Gasteiger partial charge in [-0.3, -0.25) is 10.1 Å². The van der Waals surface area contributed by atoms with E-state index in [9.17, 15) is 9.18 Å². The van der Waals surface area contributed by atoms with Gasteiger partial charge in [-0.15, -0.1) is 11.3 Å². The Hall–Kier alpha value is -3.19. The number of ether oxygens (including phenoxy) is 1. The molecule has 2 heterocycles. The number of fused-ring (bicyclic) bond motifs is 1. The van der Waals surface area contributed by atoms with E-state index in [2.05, 4.69) is 15.3 Å². The van der Waals surface area contributed by atoms with E-state index < -0.39 is 0 Å². The number of amides is 1. The van der Waals surface area contributed by atoms with Crippen molar-refractivity contribution in [2.24, 2.45) is 0 Å². The minimum absolute atomic E-state index is 0.279. The van der Waals surface area contributed by atoms with E-state index in [1.54, 1.807) is 12.1 Å². The van der Waals surface area contributed by atoms with Crippen LogP contribution in [0.5, 0.6) is 5.75 Å². The largest absolute Gasteiger partial charge is 0.493 e. The second-order valence-corrected chi connectivity index (χ2v) is 6.66. The van der Waals surface area contributed by atoms with E-state index in [-0.39, 0.29) is 17.4 Å². The molecule has 2 N–H and O–H groups in total. The zero-order chi connectivity index (χ0) is 18.8. The highest BCUT2D eigenvalue weighted by molar-refractivity contribution is 7.14. The molecule has 7 heteroatoms. The van der Waals surface area contributed by atoms with Gasteiger partial charge in [-0.25, -0.2) is 9.37 Å². The van der Waals surface area contributed by atoms with Gasteiger partial charge >= 0.3 is 0 Å². The van der Waals surface area contributed by atoms with Crippen LogP contribution >= 0.6 is 11.3 Å². The number of rotatable bonds is 5. The van der Waals surface area contributed by atoms with E-state index in [0.717, 1.165) is 17.0 Å². The van der Waals surface area contributed by atoms with Crippen LogP contribution < -0.4 is 10.1 Å². The molecule has 0 aliphatic rings. The van der Waals surface area contributed by atoms with Crippen LogP contribution in [-0.2, 0) is 0 Å². The first kappa shape index (κ1) is 17.2. The highest BCUT2D eigenvalue weighted by Crippen LogP contribution is 2.32.